The van der Waals surface area contributed by atoms with Crippen molar-refractivity contribution in [2.45, 2.75) is 45.2 Å². The van der Waals surface area contributed by atoms with E-state index in [2.05, 4.69) is 0 Å². The number of thiocarbonyl (C=S) groups is 1. The zero-order chi connectivity index (χ0) is 15.3. The highest BCUT2D eigenvalue weighted by atomic mass is 32.1. The monoisotopic (exact) mass is 310 g/mol. The van der Waals surface area contributed by atoms with Gasteiger partial charge in [0.25, 0.3) is 0 Å². The second-order valence-corrected chi connectivity index (χ2v) is 5.75. The lowest BCUT2D eigenvalue weighted by atomic mass is 9.81. The van der Waals surface area contributed by atoms with Crippen molar-refractivity contribution in [3.63, 3.8) is 0 Å². The standard InChI is InChI=1S/C13H21F3N2OS/c1-2-18(8-7-11(17)20)12(19)9-3-5-10(6-4-9)13(14,15)16/h9-10H,2-8H2,1H3,(H2,17,20). The number of halogens is 3. The molecule has 0 saturated heterocycles. The average Bonchev–Trinajstić information content (AvgIpc) is 2.38. The van der Waals surface area contributed by atoms with Crippen molar-refractivity contribution in [2.24, 2.45) is 17.6 Å². The second kappa shape index (κ2) is 7.24. The highest BCUT2D eigenvalue weighted by Crippen LogP contribution is 2.39. The van der Waals surface area contributed by atoms with Crippen LogP contribution in [-0.2, 0) is 4.79 Å². The molecule has 0 unspecified atom stereocenters. The van der Waals surface area contributed by atoms with Crippen molar-refractivity contribution in [2.75, 3.05) is 13.1 Å². The Hall–Kier alpha value is -0.850. The number of nitrogens with two attached hydrogens (primary N) is 1. The van der Waals surface area contributed by atoms with E-state index >= 15 is 0 Å². The van der Waals surface area contributed by atoms with Gasteiger partial charge in [-0.3, -0.25) is 4.79 Å². The van der Waals surface area contributed by atoms with Crippen LogP contribution in [0.4, 0.5) is 13.2 Å². The molecule has 1 amide bonds. The molecule has 1 rings (SSSR count). The zero-order valence-electron chi connectivity index (χ0n) is 11.6. The maximum absolute atomic E-state index is 12.6. The van der Waals surface area contributed by atoms with Gasteiger partial charge in [-0.25, -0.2) is 0 Å². The summed E-state index contributed by atoms with van der Waals surface area (Å²) >= 11 is 4.78. The third-order valence-corrected chi connectivity index (χ3v) is 4.06. The molecule has 0 aromatic rings. The van der Waals surface area contributed by atoms with Gasteiger partial charge < -0.3 is 10.6 Å². The summed E-state index contributed by atoms with van der Waals surface area (Å²) in [6, 6.07) is 0. The molecule has 1 saturated carbocycles. The van der Waals surface area contributed by atoms with Crippen LogP contribution in [0.25, 0.3) is 0 Å². The highest BCUT2D eigenvalue weighted by Gasteiger charge is 2.42. The Labute approximate surface area is 122 Å². The predicted octanol–water partition coefficient (Wildman–Crippen LogP) is 2.88. The van der Waals surface area contributed by atoms with Gasteiger partial charge in [0.2, 0.25) is 5.91 Å². The number of carbonyl (C=O) groups excluding carboxylic acids is 1. The molecule has 0 aromatic carbocycles. The van der Waals surface area contributed by atoms with Crippen molar-refractivity contribution in [1.82, 2.24) is 4.90 Å². The van der Waals surface area contributed by atoms with E-state index in [4.69, 9.17) is 18.0 Å². The van der Waals surface area contributed by atoms with Gasteiger partial charge in [-0.2, -0.15) is 13.2 Å². The largest absolute Gasteiger partial charge is 0.393 e. The third-order valence-electron chi connectivity index (χ3n) is 3.86. The summed E-state index contributed by atoms with van der Waals surface area (Å²) in [6.07, 6.45) is -2.96. The van der Waals surface area contributed by atoms with E-state index in [0.717, 1.165) is 0 Å². The number of alkyl halides is 3. The van der Waals surface area contributed by atoms with Gasteiger partial charge >= 0.3 is 6.18 Å². The fraction of sp³-hybridized carbons (Fsp3) is 0.846. The number of nitrogens with zero attached hydrogens (tertiary/aromatic N) is 1. The number of amides is 1. The van der Waals surface area contributed by atoms with Gasteiger partial charge in [0.05, 0.1) is 10.9 Å². The van der Waals surface area contributed by atoms with E-state index in [9.17, 15) is 18.0 Å². The van der Waals surface area contributed by atoms with Crippen LogP contribution in [0.1, 0.15) is 39.0 Å². The summed E-state index contributed by atoms with van der Waals surface area (Å²) < 4.78 is 37.7. The Morgan fingerprint density at radius 2 is 1.85 bits per heavy atom. The first-order valence-corrected chi connectivity index (χ1v) is 7.30. The van der Waals surface area contributed by atoms with Crippen molar-refractivity contribution < 1.29 is 18.0 Å². The van der Waals surface area contributed by atoms with Crippen LogP contribution in [0.3, 0.4) is 0 Å². The SMILES string of the molecule is CCN(CCC(N)=S)C(=O)C1CCC(C(F)(F)F)CC1. The molecule has 0 heterocycles. The summed E-state index contributed by atoms with van der Waals surface area (Å²) in [7, 11) is 0. The maximum Gasteiger partial charge on any atom is 0.391 e. The van der Waals surface area contributed by atoms with Gasteiger partial charge in [-0.15, -0.1) is 0 Å². The average molecular weight is 310 g/mol. The van der Waals surface area contributed by atoms with Gasteiger partial charge in [-0.05, 0) is 32.6 Å². The summed E-state index contributed by atoms with van der Waals surface area (Å²) in [5, 5.41) is 0. The number of rotatable bonds is 5. The molecular weight excluding hydrogens is 289 g/mol. The molecule has 1 fully saturated rings. The van der Waals surface area contributed by atoms with E-state index in [1.165, 1.54) is 0 Å². The molecule has 1 aliphatic rings. The maximum atomic E-state index is 12.6. The second-order valence-electron chi connectivity index (χ2n) is 5.22. The van der Waals surface area contributed by atoms with E-state index in [0.29, 0.717) is 37.3 Å². The predicted molar refractivity (Wildman–Crippen MR) is 75.2 cm³/mol. The number of hydrogen-bond acceptors (Lipinski definition) is 2. The van der Waals surface area contributed by atoms with Crippen molar-refractivity contribution in [3.8, 4) is 0 Å². The summed E-state index contributed by atoms with van der Waals surface area (Å²) in [6.45, 7) is 2.82. The number of carbonyl (C=O) groups is 1. The zero-order valence-corrected chi connectivity index (χ0v) is 12.4. The van der Waals surface area contributed by atoms with Gasteiger partial charge in [-0.1, -0.05) is 12.2 Å². The van der Waals surface area contributed by atoms with Gasteiger partial charge in [0.1, 0.15) is 0 Å². The first-order chi connectivity index (χ1) is 9.25. The van der Waals surface area contributed by atoms with Gasteiger partial charge in [0, 0.05) is 25.4 Å². The third kappa shape index (κ3) is 4.92. The molecular formula is C13H21F3N2OS. The molecule has 0 aliphatic heterocycles. The lowest BCUT2D eigenvalue weighted by Gasteiger charge is -2.32. The Bertz CT molecular complexity index is 352. The van der Waals surface area contributed by atoms with Crippen LogP contribution in [0.15, 0.2) is 0 Å². The Morgan fingerprint density at radius 1 is 1.30 bits per heavy atom. The molecule has 3 nitrogen and oxygen atoms in total. The molecule has 116 valence electrons. The molecule has 0 spiro atoms. The van der Waals surface area contributed by atoms with E-state index < -0.39 is 12.1 Å². The van der Waals surface area contributed by atoms with Crippen molar-refractivity contribution in [1.29, 1.82) is 0 Å². The van der Waals surface area contributed by atoms with Gasteiger partial charge in [0.15, 0.2) is 0 Å². The van der Waals surface area contributed by atoms with Crippen molar-refractivity contribution in [3.05, 3.63) is 0 Å². The van der Waals surface area contributed by atoms with Crippen LogP contribution < -0.4 is 5.73 Å². The van der Waals surface area contributed by atoms with E-state index in [1.54, 1.807) is 4.90 Å². The molecule has 0 radical (unpaired) electrons. The molecule has 20 heavy (non-hydrogen) atoms. The summed E-state index contributed by atoms with van der Waals surface area (Å²) in [5.41, 5.74) is 5.41. The van der Waals surface area contributed by atoms with E-state index in [1.807, 2.05) is 6.92 Å². The Kier molecular flexibility index (Phi) is 6.23. The summed E-state index contributed by atoms with van der Waals surface area (Å²) in [5.74, 6) is -1.61. The molecule has 0 bridgehead atoms. The first kappa shape index (κ1) is 17.2. The summed E-state index contributed by atoms with van der Waals surface area (Å²) in [4.78, 5) is 14.2. The minimum atomic E-state index is -4.13. The van der Waals surface area contributed by atoms with Crippen LogP contribution in [0.5, 0.6) is 0 Å². The highest BCUT2D eigenvalue weighted by molar-refractivity contribution is 7.80. The quantitative estimate of drug-likeness (QED) is 0.794. The minimum absolute atomic E-state index is 0.0484. The van der Waals surface area contributed by atoms with Crippen LogP contribution in [-0.4, -0.2) is 35.1 Å². The lowest BCUT2D eigenvalue weighted by molar-refractivity contribution is -0.185. The smallest absolute Gasteiger partial charge is 0.391 e. The fourth-order valence-electron chi connectivity index (χ4n) is 2.60. The lowest BCUT2D eigenvalue weighted by Crippen LogP contribution is -2.40. The van der Waals surface area contributed by atoms with E-state index in [-0.39, 0.29) is 24.7 Å². The van der Waals surface area contributed by atoms with Crippen LogP contribution in [0.2, 0.25) is 0 Å². The number of hydrogen-bond donors (Lipinski definition) is 1. The minimum Gasteiger partial charge on any atom is -0.393 e. The Morgan fingerprint density at radius 3 is 2.25 bits per heavy atom. The molecule has 0 atom stereocenters. The van der Waals surface area contributed by atoms with Crippen LogP contribution in [0, 0.1) is 11.8 Å². The topological polar surface area (TPSA) is 46.3 Å². The molecule has 1 aliphatic carbocycles. The molecule has 2 N–H and O–H groups in total. The fourth-order valence-corrected chi connectivity index (χ4v) is 2.69. The first-order valence-electron chi connectivity index (χ1n) is 6.89. The Balaban J connectivity index is 2.50. The normalized spacial score (nSPS) is 23.4. The van der Waals surface area contributed by atoms with Crippen molar-refractivity contribution >= 4 is 23.1 Å². The van der Waals surface area contributed by atoms with Crippen LogP contribution >= 0.6 is 12.2 Å². The molecule has 0 aromatic heterocycles. The molecule has 7 heteroatoms.